The number of aromatic amines is 1. The quantitative estimate of drug-likeness (QED) is 0.744. The minimum absolute atomic E-state index is 0.0348. The topological polar surface area (TPSA) is 68.4 Å². The van der Waals surface area contributed by atoms with E-state index in [-0.39, 0.29) is 12.5 Å². The van der Waals surface area contributed by atoms with Gasteiger partial charge in [0.1, 0.15) is 5.69 Å². The van der Waals surface area contributed by atoms with Crippen LogP contribution in [-0.4, -0.2) is 53.2 Å². The summed E-state index contributed by atoms with van der Waals surface area (Å²) < 4.78 is 0. The first-order chi connectivity index (χ1) is 8.70. The number of carbonyl (C=O) groups is 1. The van der Waals surface area contributed by atoms with E-state index in [0.717, 1.165) is 19.4 Å². The van der Waals surface area contributed by atoms with Crippen LogP contribution in [0.2, 0.25) is 5.02 Å². The highest BCUT2D eigenvalue weighted by Crippen LogP contribution is 2.13. The molecule has 1 saturated heterocycles. The number of aliphatic hydroxyl groups is 1. The first-order valence-corrected chi connectivity index (χ1v) is 6.56. The normalized spacial score (nSPS) is 19.1. The first-order valence-electron chi connectivity index (χ1n) is 6.18. The molecule has 1 aliphatic rings. The molecule has 1 amide bonds. The lowest BCUT2D eigenvalue weighted by atomic mass is 10.2. The zero-order valence-corrected chi connectivity index (χ0v) is 10.9. The highest BCUT2D eigenvalue weighted by molar-refractivity contribution is 6.30. The fourth-order valence-corrected chi connectivity index (χ4v) is 2.40. The number of aliphatic hydroxyl groups excluding tert-OH is 1. The summed E-state index contributed by atoms with van der Waals surface area (Å²) in [6, 6.07) is 1.93. The Morgan fingerprint density at radius 1 is 1.61 bits per heavy atom. The molecule has 6 heteroatoms. The van der Waals surface area contributed by atoms with Crippen molar-refractivity contribution < 1.29 is 9.90 Å². The molecule has 0 aromatic carbocycles. The Labute approximate surface area is 111 Å². The Balaban J connectivity index is 2.01. The van der Waals surface area contributed by atoms with Crippen molar-refractivity contribution in [1.29, 1.82) is 0 Å². The first kappa shape index (κ1) is 13.4. The van der Waals surface area contributed by atoms with E-state index in [2.05, 4.69) is 10.3 Å². The Kier molecular flexibility index (Phi) is 4.63. The van der Waals surface area contributed by atoms with Crippen LogP contribution in [0.1, 0.15) is 23.3 Å². The number of amides is 1. The van der Waals surface area contributed by atoms with E-state index in [9.17, 15) is 4.79 Å². The van der Waals surface area contributed by atoms with Crippen molar-refractivity contribution in [3.63, 3.8) is 0 Å². The Morgan fingerprint density at radius 3 is 3.00 bits per heavy atom. The van der Waals surface area contributed by atoms with Crippen LogP contribution in [0, 0.1) is 0 Å². The number of H-pyrrole nitrogens is 1. The lowest BCUT2D eigenvalue weighted by molar-refractivity contribution is 0.0701. The van der Waals surface area contributed by atoms with Gasteiger partial charge in [-0.2, -0.15) is 0 Å². The van der Waals surface area contributed by atoms with Crippen molar-refractivity contribution in [3.8, 4) is 0 Å². The van der Waals surface area contributed by atoms with Crippen molar-refractivity contribution in [2.24, 2.45) is 0 Å². The molecule has 1 atom stereocenters. The summed E-state index contributed by atoms with van der Waals surface area (Å²) in [5, 5.41) is 12.9. The Morgan fingerprint density at radius 2 is 2.44 bits per heavy atom. The Bertz CT molecular complexity index is 402. The van der Waals surface area contributed by atoms with Crippen molar-refractivity contribution in [3.05, 3.63) is 23.0 Å². The van der Waals surface area contributed by atoms with Gasteiger partial charge in [0, 0.05) is 25.3 Å². The molecule has 5 nitrogen and oxygen atoms in total. The van der Waals surface area contributed by atoms with Gasteiger partial charge in [0.15, 0.2) is 0 Å². The van der Waals surface area contributed by atoms with E-state index in [1.807, 2.05) is 0 Å². The van der Waals surface area contributed by atoms with Crippen LogP contribution in [0.15, 0.2) is 12.3 Å². The number of hydrogen-bond donors (Lipinski definition) is 3. The van der Waals surface area contributed by atoms with Crippen LogP contribution in [0.25, 0.3) is 0 Å². The molecule has 1 unspecified atom stereocenters. The fourth-order valence-electron chi connectivity index (χ4n) is 2.24. The SMILES string of the molecule is O=C(c1cc(Cl)c[nH]1)N(CCO)CC1CCCN1. The van der Waals surface area contributed by atoms with Gasteiger partial charge in [-0.3, -0.25) is 4.79 Å². The highest BCUT2D eigenvalue weighted by Gasteiger charge is 2.22. The summed E-state index contributed by atoms with van der Waals surface area (Å²) >= 11 is 5.79. The summed E-state index contributed by atoms with van der Waals surface area (Å²) in [5.74, 6) is -0.121. The maximum Gasteiger partial charge on any atom is 0.270 e. The van der Waals surface area contributed by atoms with Gasteiger partial charge in [0.25, 0.3) is 5.91 Å². The van der Waals surface area contributed by atoms with Crippen LogP contribution in [-0.2, 0) is 0 Å². The molecule has 1 aromatic heterocycles. The number of aromatic nitrogens is 1. The molecule has 0 radical (unpaired) electrons. The zero-order chi connectivity index (χ0) is 13.0. The highest BCUT2D eigenvalue weighted by atomic mass is 35.5. The number of nitrogens with one attached hydrogen (secondary N) is 2. The minimum atomic E-state index is -0.121. The second-order valence-electron chi connectivity index (χ2n) is 4.50. The molecule has 3 N–H and O–H groups in total. The second-order valence-corrected chi connectivity index (χ2v) is 4.94. The fraction of sp³-hybridized carbons (Fsp3) is 0.583. The van der Waals surface area contributed by atoms with E-state index < -0.39 is 0 Å². The number of nitrogens with zero attached hydrogens (tertiary/aromatic N) is 1. The molecule has 18 heavy (non-hydrogen) atoms. The van der Waals surface area contributed by atoms with Crippen LogP contribution in [0.5, 0.6) is 0 Å². The van der Waals surface area contributed by atoms with E-state index in [4.69, 9.17) is 16.7 Å². The summed E-state index contributed by atoms with van der Waals surface area (Å²) in [6.07, 6.45) is 3.79. The smallest absolute Gasteiger partial charge is 0.270 e. The summed E-state index contributed by atoms with van der Waals surface area (Å²) in [4.78, 5) is 16.7. The summed E-state index contributed by atoms with van der Waals surface area (Å²) in [6.45, 7) is 1.93. The largest absolute Gasteiger partial charge is 0.395 e. The third kappa shape index (κ3) is 3.25. The predicted molar refractivity (Wildman–Crippen MR) is 69.8 cm³/mol. The van der Waals surface area contributed by atoms with Crippen LogP contribution >= 0.6 is 11.6 Å². The molecular formula is C12H18ClN3O2. The van der Waals surface area contributed by atoms with Crippen LogP contribution in [0.3, 0.4) is 0 Å². The number of rotatable bonds is 5. The molecule has 100 valence electrons. The molecule has 2 heterocycles. The van der Waals surface area contributed by atoms with Crippen LogP contribution in [0.4, 0.5) is 0 Å². The van der Waals surface area contributed by atoms with E-state index >= 15 is 0 Å². The second kappa shape index (κ2) is 6.22. The zero-order valence-electron chi connectivity index (χ0n) is 10.2. The maximum absolute atomic E-state index is 12.2. The molecule has 1 aliphatic heterocycles. The van der Waals surface area contributed by atoms with Crippen molar-refractivity contribution in [1.82, 2.24) is 15.2 Å². The van der Waals surface area contributed by atoms with Crippen LogP contribution < -0.4 is 5.32 Å². The van der Waals surface area contributed by atoms with Gasteiger partial charge in [0.2, 0.25) is 0 Å². The molecular weight excluding hydrogens is 254 g/mol. The van der Waals surface area contributed by atoms with E-state index in [1.54, 1.807) is 17.2 Å². The molecule has 0 saturated carbocycles. The minimum Gasteiger partial charge on any atom is -0.395 e. The predicted octanol–water partition coefficient (Wildman–Crippen LogP) is 0.855. The van der Waals surface area contributed by atoms with Gasteiger partial charge in [-0.05, 0) is 25.5 Å². The van der Waals surface area contributed by atoms with Gasteiger partial charge in [0.05, 0.1) is 11.6 Å². The number of hydrogen-bond acceptors (Lipinski definition) is 3. The molecule has 0 aliphatic carbocycles. The van der Waals surface area contributed by atoms with Crippen molar-refractivity contribution in [2.45, 2.75) is 18.9 Å². The van der Waals surface area contributed by atoms with Gasteiger partial charge < -0.3 is 20.3 Å². The van der Waals surface area contributed by atoms with Gasteiger partial charge in [-0.15, -0.1) is 0 Å². The third-order valence-corrected chi connectivity index (χ3v) is 3.36. The number of halogens is 1. The van der Waals surface area contributed by atoms with E-state index in [1.165, 1.54) is 0 Å². The number of carbonyl (C=O) groups excluding carboxylic acids is 1. The lowest BCUT2D eigenvalue weighted by Crippen LogP contribution is -2.42. The monoisotopic (exact) mass is 271 g/mol. The lowest BCUT2D eigenvalue weighted by Gasteiger charge is -2.24. The molecule has 1 aromatic rings. The maximum atomic E-state index is 12.2. The summed E-state index contributed by atoms with van der Waals surface area (Å²) in [5.41, 5.74) is 0.464. The average Bonchev–Trinajstić information content (AvgIpc) is 2.99. The van der Waals surface area contributed by atoms with Gasteiger partial charge in [-0.25, -0.2) is 0 Å². The Hall–Kier alpha value is -1.04. The van der Waals surface area contributed by atoms with E-state index in [0.29, 0.717) is 29.8 Å². The standard InChI is InChI=1S/C12H18ClN3O2/c13-9-6-11(15-7-9)12(18)16(4-5-17)8-10-2-1-3-14-10/h6-7,10,14-15,17H,1-5,8H2. The molecule has 1 fully saturated rings. The molecule has 2 rings (SSSR count). The van der Waals surface area contributed by atoms with Crippen molar-refractivity contribution in [2.75, 3.05) is 26.2 Å². The van der Waals surface area contributed by atoms with Gasteiger partial charge >= 0.3 is 0 Å². The average molecular weight is 272 g/mol. The third-order valence-electron chi connectivity index (χ3n) is 3.14. The summed E-state index contributed by atoms with van der Waals surface area (Å²) in [7, 11) is 0. The molecule has 0 bridgehead atoms. The molecule has 0 spiro atoms. The van der Waals surface area contributed by atoms with Gasteiger partial charge in [-0.1, -0.05) is 11.6 Å². The van der Waals surface area contributed by atoms with Crippen molar-refractivity contribution >= 4 is 17.5 Å².